The van der Waals surface area contributed by atoms with E-state index >= 15 is 0 Å². The van der Waals surface area contributed by atoms with E-state index in [1.807, 2.05) is 12.4 Å². The molecule has 1 aliphatic heterocycles. The zero-order chi connectivity index (χ0) is 11.7. The molecular formula is C14H21N3. The molecule has 2 aliphatic rings. The van der Waals surface area contributed by atoms with Crippen molar-refractivity contribution in [3.63, 3.8) is 0 Å². The van der Waals surface area contributed by atoms with Gasteiger partial charge in [-0.05, 0) is 56.5 Å². The van der Waals surface area contributed by atoms with Crippen LogP contribution in [0.4, 0.5) is 0 Å². The number of rotatable bonds is 4. The van der Waals surface area contributed by atoms with Crippen LogP contribution >= 0.6 is 0 Å². The molecule has 1 saturated carbocycles. The highest BCUT2D eigenvalue weighted by atomic mass is 15.2. The second-order valence-corrected chi connectivity index (χ2v) is 5.44. The van der Waals surface area contributed by atoms with E-state index in [-0.39, 0.29) is 0 Å². The summed E-state index contributed by atoms with van der Waals surface area (Å²) in [5, 5.41) is 3.68. The summed E-state index contributed by atoms with van der Waals surface area (Å²) < 4.78 is 0. The number of hydrogen-bond donors (Lipinski definition) is 1. The monoisotopic (exact) mass is 231 g/mol. The normalized spacial score (nSPS) is 29.7. The lowest BCUT2D eigenvalue weighted by atomic mass is 9.94. The molecule has 2 fully saturated rings. The Balaban J connectivity index is 1.69. The average Bonchev–Trinajstić information content (AvgIpc) is 3.11. The summed E-state index contributed by atoms with van der Waals surface area (Å²) in [5.41, 5.74) is 1.42. The first-order valence-corrected chi connectivity index (χ1v) is 6.68. The van der Waals surface area contributed by atoms with E-state index in [2.05, 4.69) is 34.4 Å². The highest BCUT2D eigenvalue weighted by molar-refractivity contribution is 5.18. The highest BCUT2D eigenvalue weighted by Gasteiger charge is 2.33. The molecule has 1 saturated heterocycles. The Morgan fingerprint density at radius 2 is 2.06 bits per heavy atom. The zero-order valence-electron chi connectivity index (χ0n) is 10.5. The molecule has 3 nitrogen and oxygen atoms in total. The lowest BCUT2D eigenvalue weighted by molar-refractivity contribution is 0.271. The molecule has 1 aromatic rings. The standard InChI is InChI=1S/C14H21N3/c1-17-9-6-12(10-16-13-2-3-13)14(17)11-4-7-15-8-5-11/h4-5,7-8,12-14,16H,2-3,6,9-10H2,1H3. The Bertz CT molecular complexity index is 361. The minimum absolute atomic E-state index is 0.573. The molecule has 2 unspecified atom stereocenters. The number of pyridine rings is 1. The van der Waals surface area contributed by atoms with Crippen LogP contribution in [0.3, 0.4) is 0 Å². The lowest BCUT2D eigenvalue weighted by Gasteiger charge is -2.25. The summed E-state index contributed by atoms with van der Waals surface area (Å²) in [7, 11) is 2.24. The van der Waals surface area contributed by atoms with Crippen LogP contribution in [0, 0.1) is 5.92 Å². The number of aromatic nitrogens is 1. The van der Waals surface area contributed by atoms with Crippen molar-refractivity contribution in [1.29, 1.82) is 0 Å². The fourth-order valence-corrected chi connectivity index (χ4v) is 2.93. The smallest absolute Gasteiger partial charge is 0.0386 e. The van der Waals surface area contributed by atoms with Gasteiger partial charge < -0.3 is 5.32 Å². The van der Waals surface area contributed by atoms with Crippen LogP contribution in [0.15, 0.2) is 24.5 Å². The molecule has 92 valence electrons. The molecule has 17 heavy (non-hydrogen) atoms. The van der Waals surface area contributed by atoms with Gasteiger partial charge >= 0.3 is 0 Å². The number of hydrogen-bond acceptors (Lipinski definition) is 3. The van der Waals surface area contributed by atoms with Crippen molar-refractivity contribution in [2.75, 3.05) is 20.1 Å². The quantitative estimate of drug-likeness (QED) is 0.857. The van der Waals surface area contributed by atoms with E-state index < -0.39 is 0 Å². The second kappa shape index (κ2) is 4.75. The maximum atomic E-state index is 4.12. The largest absolute Gasteiger partial charge is 0.314 e. The third kappa shape index (κ3) is 2.50. The first kappa shape index (κ1) is 11.2. The van der Waals surface area contributed by atoms with Crippen molar-refractivity contribution in [2.45, 2.75) is 31.3 Å². The Kier molecular flexibility index (Phi) is 3.12. The van der Waals surface area contributed by atoms with Gasteiger partial charge in [-0.3, -0.25) is 9.88 Å². The molecule has 3 heteroatoms. The third-order valence-electron chi connectivity index (χ3n) is 4.07. The molecule has 0 amide bonds. The first-order chi connectivity index (χ1) is 8.34. The summed E-state index contributed by atoms with van der Waals surface area (Å²) in [6.45, 7) is 2.38. The molecule has 1 aliphatic carbocycles. The minimum atomic E-state index is 0.573. The molecule has 2 heterocycles. The molecule has 1 aromatic heterocycles. The lowest BCUT2D eigenvalue weighted by Crippen LogP contribution is -2.29. The number of likely N-dealkylation sites (tertiary alicyclic amines) is 1. The van der Waals surface area contributed by atoms with Crippen molar-refractivity contribution in [2.24, 2.45) is 5.92 Å². The van der Waals surface area contributed by atoms with Crippen molar-refractivity contribution >= 4 is 0 Å². The Labute approximate surface area is 103 Å². The topological polar surface area (TPSA) is 28.2 Å². The van der Waals surface area contributed by atoms with E-state index in [9.17, 15) is 0 Å². The van der Waals surface area contributed by atoms with Crippen LogP contribution in [0.5, 0.6) is 0 Å². The van der Waals surface area contributed by atoms with Gasteiger partial charge in [-0.1, -0.05) is 0 Å². The molecular weight excluding hydrogens is 210 g/mol. The Hall–Kier alpha value is -0.930. The SMILES string of the molecule is CN1CCC(CNC2CC2)C1c1ccncc1. The molecule has 0 bridgehead atoms. The van der Waals surface area contributed by atoms with Crippen molar-refractivity contribution in [1.82, 2.24) is 15.2 Å². The maximum Gasteiger partial charge on any atom is 0.0386 e. The summed E-state index contributed by atoms with van der Waals surface area (Å²) >= 11 is 0. The van der Waals surface area contributed by atoms with Crippen LogP contribution in [0.25, 0.3) is 0 Å². The van der Waals surface area contributed by atoms with E-state index in [1.165, 1.54) is 37.9 Å². The van der Waals surface area contributed by atoms with Crippen LogP contribution in [0.1, 0.15) is 30.9 Å². The van der Waals surface area contributed by atoms with Crippen molar-refractivity contribution in [3.8, 4) is 0 Å². The molecule has 3 rings (SSSR count). The van der Waals surface area contributed by atoms with Gasteiger partial charge in [-0.15, -0.1) is 0 Å². The van der Waals surface area contributed by atoms with Crippen LogP contribution in [0.2, 0.25) is 0 Å². The number of nitrogens with zero attached hydrogens (tertiary/aromatic N) is 2. The fraction of sp³-hybridized carbons (Fsp3) is 0.643. The molecule has 0 aromatic carbocycles. The maximum absolute atomic E-state index is 4.12. The minimum Gasteiger partial charge on any atom is -0.314 e. The van der Waals surface area contributed by atoms with Crippen LogP contribution in [-0.2, 0) is 0 Å². The van der Waals surface area contributed by atoms with Crippen molar-refractivity contribution < 1.29 is 0 Å². The first-order valence-electron chi connectivity index (χ1n) is 6.68. The van der Waals surface area contributed by atoms with Gasteiger partial charge in [-0.2, -0.15) is 0 Å². The van der Waals surface area contributed by atoms with Crippen molar-refractivity contribution in [3.05, 3.63) is 30.1 Å². The summed E-state index contributed by atoms with van der Waals surface area (Å²) in [6, 6.07) is 5.72. The predicted molar refractivity (Wildman–Crippen MR) is 68.7 cm³/mol. The van der Waals surface area contributed by atoms with Gasteiger partial charge in [0.1, 0.15) is 0 Å². The van der Waals surface area contributed by atoms with Gasteiger partial charge in [0.25, 0.3) is 0 Å². The molecule has 0 radical (unpaired) electrons. The van der Waals surface area contributed by atoms with Gasteiger partial charge in [-0.25, -0.2) is 0 Å². The van der Waals surface area contributed by atoms with Gasteiger partial charge in [0.05, 0.1) is 0 Å². The zero-order valence-corrected chi connectivity index (χ0v) is 10.5. The van der Waals surface area contributed by atoms with Gasteiger partial charge in [0.2, 0.25) is 0 Å². The highest BCUT2D eigenvalue weighted by Crippen LogP contribution is 2.35. The van der Waals surface area contributed by atoms with E-state index in [1.54, 1.807) is 0 Å². The summed E-state index contributed by atoms with van der Waals surface area (Å²) in [4.78, 5) is 6.60. The summed E-state index contributed by atoms with van der Waals surface area (Å²) in [5.74, 6) is 0.753. The summed E-state index contributed by atoms with van der Waals surface area (Å²) in [6.07, 6.45) is 7.88. The molecule has 0 spiro atoms. The number of nitrogens with one attached hydrogen (secondary N) is 1. The Morgan fingerprint density at radius 3 is 2.76 bits per heavy atom. The third-order valence-corrected chi connectivity index (χ3v) is 4.07. The Morgan fingerprint density at radius 1 is 1.29 bits per heavy atom. The van der Waals surface area contributed by atoms with E-state index in [0.717, 1.165) is 12.0 Å². The van der Waals surface area contributed by atoms with Gasteiger partial charge in [0.15, 0.2) is 0 Å². The fourth-order valence-electron chi connectivity index (χ4n) is 2.93. The van der Waals surface area contributed by atoms with E-state index in [4.69, 9.17) is 0 Å². The van der Waals surface area contributed by atoms with Crippen LogP contribution < -0.4 is 5.32 Å². The predicted octanol–water partition coefficient (Wildman–Crippen LogP) is 1.83. The average molecular weight is 231 g/mol. The second-order valence-electron chi connectivity index (χ2n) is 5.44. The van der Waals surface area contributed by atoms with Gasteiger partial charge in [0, 0.05) is 31.0 Å². The van der Waals surface area contributed by atoms with Crippen LogP contribution in [-0.4, -0.2) is 36.1 Å². The molecule has 2 atom stereocenters. The molecule has 1 N–H and O–H groups in total. The van der Waals surface area contributed by atoms with E-state index in [0.29, 0.717) is 6.04 Å².